The molecular formula is C19H25NO. The Morgan fingerprint density at radius 3 is 2.67 bits per heavy atom. The molecule has 2 unspecified atom stereocenters. The Morgan fingerprint density at radius 2 is 1.90 bits per heavy atom. The largest absolute Gasteiger partial charge is 0.489 e. The molecule has 0 heterocycles. The molecule has 0 aromatic heterocycles. The molecule has 2 nitrogen and oxygen atoms in total. The lowest BCUT2D eigenvalue weighted by Crippen LogP contribution is -2.62. The fourth-order valence-corrected chi connectivity index (χ4v) is 3.20. The third-order valence-corrected chi connectivity index (χ3v) is 4.84. The lowest BCUT2D eigenvalue weighted by Gasteiger charge is -2.51. The summed E-state index contributed by atoms with van der Waals surface area (Å²) in [5, 5.41) is 6.08. The van der Waals surface area contributed by atoms with Crippen LogP contribution >= 0.6 is 0 Å². The van der Waals surface area contributed by atoms with E-state index in [1.54, 1.807) is 0 Å². The zero-order valence-corrected chi connectivity index (χ0v) is 13.2. The van der Waals surface area contributed by atoms with Gasteiger partial charge in [-0.05, 0) is 24.4 Å². The average Bonchev–Trinajstić information content (AvgIpc) is 2.50. The van der Waals surface area contributed by atoms with Gasteiger partial charge in [0.15, 0.2) is 0 Å². The van der Waals surface area contributed by atoms with Gasteiger partial charge >= 0.3 is 0 Å². The molecule has 2 atom stereocenters. The van der Waals surface area contributed by atoms with Gasteiger partial charge in [0, 0.05) is 23.3 Å². The van der Waals surface area contributed by atoms with Crippen LogP contribution in [0.4, 0.5) is 0 Å². The first-order chi connectivity index (χ1) is 10.1. The van der Waals surface area contributed by atoms with E-state index in [0.717, 1.165) is 18.7 Å². The van der Waals surface area contributed by atoms with Crippen LogP contribution < -0.4 is 10.1 Å². The third-order valence-electron chi connectivity index (χ3n) is 4.84. The molecule has 1 aliphatic rings. The first-order valence-electron chi connectivity index (χ1n) is 8.00. The van der Waals surface area contributed by atoms with Crippen molar-refractivity contribution in [3.8, 4) is 5.75 Å². The molecule has 1 aliphatic carbocycles. The monoisotopic (exact) mass is 283 g/mol. The van der Waals surface area contributed by atoms with Crippen LogP contribution in [0.3, 0.4) is 0 Å². The summed E-state index contributed by atoms with van der Waals surface area (Å²) in [6.07, 6.45) is 2.56. The molecule has 21 heavy (non-hydrogen) atoms. The molecule has 0 amide bonds. The van der Waals surface area contributed by atoms with Crippen molar-refractivity contribution in [1.82, 2.24) is 5.32 Å². The number of nitrogens with one attached hydrogen (secondary N) is 1. The predicted octanol–water partition coefficient (Wildman–Crippen LogP) is 4.39. The summed E-state index contributed by atoms with van der Waals surface area (Å²) in [6.45, 7) is 7.91. The first-order valence-corrected chi connectivity index (χ1v) is 8.00. The molecular weight excluding hydrogens is 258 g/mol. The second kappa shape index (κ2) is 5.69. The maximum atomic E-state index is 6.35. The normalized spacial score (nSPS) is 23.8. The van der Waals surface area contributed by atoms with Gasteiger partial charge in [0.05, 0.1) is 0 Å². The molecule has 0 aliphatic heterocycles. The highest BCUT2D eigenvalue weighted by atomic mass is 16.5. The van der Waals surface area contributed by atoms with Gasteiger partial charge in [0.25, 0.3) is 0 Å². The van der Waals surface area contributed by atoms with Gasteiger partial charge in [-0.25, -0.2) is 0 Å². The third kappa shape index (κ3) is 2.65. The quantitative estimate of drug-likeness (QED) is 0.879. The van der Waals surface area contributed by atoms with Gasteiger partial charge in [-0.15, -0.1) is 0 Å². The Morgan fingerprint density at radius 1 is 1.14 bits per heavy atom. The van der Waals surface area contributed by atoms with Gasteiger partial charge in [0.1, 0.15) is 11.9 Å². The maximum absolute atomic E-state index is 6.35. The molecule has 0 saturated heterocycles. The van der Waals surface area contributed by atoms with E-state index in [9.17, 15) is 0 Å². The fourth-order valence-electron chi connectivity index (χ4n) is 3.20. The smallest absolute Gasteiger partial charge is 0.127 e. The van der Waals surface area contributed by atoms with Crippen LogP contribution in [-0.2, 0) is 0 Å². The zero-order chi connectivity index (χ0) is 14.9. The van der Waals surface area contributed by atoms with Crippen molar-refractivity contribution < 1.29 is 4.74 Å². The number of hydrogen-bond acceptors (Lipinski definition) is 2. The SMILES string of the molecule is CCCNC1CC(Oc2cccc3ccccc23)C1(C)C. The Kier molecular flexibility index (Phi) is 3.90. The number of hydrogen-bond donors (Lipinski definition) is 1. The van der Waals surface area contributed by atoms with E-state index in [4.69, 9.17) is 4.74 Å². The van der Waals surface area contributed by atoms with Crippen LogP contribution in [0.25, 0.3) is 10.8 Å². The fraction of sp³-hybridized carbons (Fsp3) is 0.474. The first kappa shape index (κ1) is 14.4. The standard InChI is InChI=1S/C19H25NO/c1-4-12-20-17-13-18(19(17,2)3)21-16-11-7-9-14-8-5-6-10-15(14)16/h5-11,17-18,20H,4,12-13H2,1-3H3. The van der Waals surface area contributed by atoms with Crippen molar-refractivity contribution in [2.75, 3.05) is 6.54 Å². The zero-order valence-electron chi connectivity index (χ0n) is 13.2. The van der Waals surface area contributed by atoms with E-state index in [-0.39, 0.29) is 11.5 Å². The van der Waals surface area contributed by atoms with E-state index < -0.39 is 0 Å². The lowest BCUT2D eigenvalue weighted by molar-refractivity contribution is -0.0538. The summed E-state index contributed by atoms with van der Waals surface area (Å²) >= 11 is 0. The van der Waals surface area contributed by atoms with Crippen LogP contribution in [0, 0.1) is 5.41 Å². The van der Waals surface area contributed by atoms with Crippen LogP contribution in [0.5, 0.6) is 5.75 Å². The highest BCUT2D eigenvalue weighted by molar-refractivity contribution is 5.88. The van der Waals surface area contributed by atoms with E-state index in [1.165, 1.54) is 17.2 Å². The molecule has 0 bridgehead atoms. The summed E-state index contributed by atoms with van der Waals surface area (Å²) in [5.41, 5.74) is 0.187. The van der Waals surface area contributed by atoms with Crippen molar-refractivity contribution in [2.45, 2.75) is 45.8 Å². The van der Waals surface area contributed by atoms with E-state index in [0.29, 0.717) is 6.04 Å². The van der Waals surface area contributed by atoms with E-state index >= 15 is 0 Å². The molecule has 1 fully saturated rings. The van der Waals surface area contributed by atoms with Crippen molar-refractivity contribution in [1.29, 1.82) is 0 Å². The van der Waals surface area contributed by atoms with Crippen molar-refractivity contribution >= 4 is 10.8 Å². The minimum atomic E-state index is 0.187. The van der Waals surface area contributed by atoms with Gasteiger partial charge in [-0.1, -0.05) is 57.2 Å². The highest BCUT2D eigenvalue weighted by Crippen LogP contribution is 2.44. The number of ether oxygens (including phenoxy) is 1. The molecule has 1 saturated carbocycles. The summed E-state index contributed by atoms with van der Waals surface area (Å²) in [5.74, 6) is 1.01. The average molecular weight is 283 g/mol. The van der Waals surface area contributed by atoms with Crippen LogP contribution in [-0.4, -0.2) is 18.7 Å². The summed E-state index contributed by atoms with van der Waals surface area (Å²) in [4.78, 5) is 0. The minimum Gasteiger partial charge on any atom is -0.489 e. The molecule has 0 radical (unpaired) electrons. The molecule has 3 rings (SSSR count). The number of rotatable bonds is 5. The Balaban J connectivity index is 1.75. The van der Waals surface area contributed by atoms with Crippen molar-refractivity contribution in [3.63, 3.8) is 0 Å². The highest BCUT2D eigenvalue weighted by Gasteiger charge is 2.49. The molecule has 2 aromatic carbocycles. The second-order valence-corrected chi connectivity index (χ2v) is 6.65. The van der Waals surface area contributed by atoms with Gasteiger partial charge < -0.3 is 10.1 Å². The Hall–Kier alpha value is -1.54. The minimum absolute atomic E-state index is 0.187. The predicted molar refractivity (Wildman–Crippen MR) is 88.8 cm³/mol. The van der Waals surface area contributed by atoms with Gasteiger partial charge in [0.2, 0.25) is 0 Å². The summed E-state index contributed by atoms with van der Waals surface area (Å²) < 4.78 is 6.35. The topological polar surface area (TPSA) is 21.3 Å². The van der Waals surface area contributed by atoms with Crippen molar-refractivity contribution in [3.05, 3.63) is 42.5 Å². The molecule has 2 heteroatoms. The molecule has 0 spiro atoms. The van der Waals surface area contributed by atoms with Crippen LogP contribution in [0.15, 0.2) is 42.5 Å². The van der Waals surface area contributed by atoms with E-state index in [1.807, 2.05) is 0 Å². The van der Waals surface area contributed by atoms with Crippen LogP contribution in [0.1, 0.15) is 33.6 Å². The molecule has 112 valence electrons. The number of fused-ring (bicyclic) bond motifs is 1. The Bertz CT molecular complexity index is 614. The van der Waals surface area contributed by atoms with Gasteiger partial charge in [-0.2, -0.15) is 0 Å². The number of benzene rings is 2. The molecule has 1 N–H and O–H groups in total. The Labute approximate surface area is 127 Å². The van der Waals surface area contributed by atoms with Gasteiger partial charge in [-0.3, -0.25) is 0 Å². The maximum Gasteiger partial charge on any atom is 0.127 e. The van der Waals surface area contributed by atoms with E-state index in [2.05, 4.69) is 68.6 Å². The van der Waals surface area contributed by atoms with Crippen LogP contribution in [0.2, 0.25) is 0 Å². The second-order valence-electron chi connectivity index (χ2n) is 6.65. The molecule has 2 aromatic rings. The lowest BCUT2D eigenvalue weighted by atomic mass is 9.64. The summed E-state index contributed by atoms with van der Waals surface area (Å²) in [7, 11) is 0. The van der Waals surface area contributed by atoms with Crippen molar-refractivity contribution in [2.24, 2.45) is 5.41 Å². The summed E-state index contributed by atoms with van der Waals surface area (Å²) in [6, 6.07) is 15.3.